The first-order chi connectivity index (χ1) is 8.48. The van der Waals surface area contributed by atoms with Gasteiger partial charge in [-0.2, -0.15) is 5.10 Å². The molecule has 0 aliphatic rings. The van der Waals surface area contributed by atoms with Crippen LogP contribution in [0.3, 0.4) is 0 Å². The average Bonchev–Trinajstić information content (AvgIpc) is 2.70. The summed E-state index contributed by atoms with van der Waals surface area (Å²) in [6.45, 7) is 6.68. The van der Waals surface area contributed by atoms with Crippen LogP contribution in [0.5, 0.6) is 0 Å². The van der Waals surface area contributed by atoms with Gasteiger partial charge in [0.2, 0.25) is 0 Å². The Hall–Kier alpha value is -1.03. The minimum Gasteiger partial charge on any atom is -0.350 e. The number of hydrogen-bond acceptors (Lipinski definition) is 2. The molecule has 0 unspecified atom stereocenters. The van der Waals surface area contributed by atoms with Crippen LogP contribution in [0, 0.1) is 12.3 Å². The summed E-state index contributed by atoms with van der Waals surface area (Å²) in [7, 11) is 1.77. The predicted octanol–water partition coefficient (Wildman–Crippen LogP) is 2.50. The number of carbonyl (C=O) groups is 1. The third kappa shape index (κ3) is 3.25. The number of amides is 1. The molecule has 0 saturated carbocycles. The molecule has 1 heterocycles. The Morgan fingerprint density at radius 2 is 2.11 bits per heavy atom. The van der Waals surface area contributed by atoms with E-state index in [0.717, 1.165) is 18.5 Å². The summed E-state index contributed by atoms with van der Waals surface area (Å²) < 4.78 is 1.60. The van der Waals surface area contributed by atoms with Crippen LogP contribution in [0.25, 0.3) is 0 Å². The lowest BCUT2D eigenvalue weighted by atomic mass is 9.84. The molecular formula is C13H22ClN3O. The molecule has 0 fully saturated rings. The number of nitrogens with zero attached hydrogens (tertiary/aromatic N) is 2. The largest absolute Gasteiger partial charge is 0.350 e. The zero-order chi connectivity index (χ0) is 13.8. The molecule has 1 N–H and O–H groups in total. The lowest BCUT2D eigenvalue weighted by Crippen LogP contribution is -2.38. The maximum Gasteiger partial charge on any atom is 0.269 e. The van der Waals surface area contributed by atoms with E-state index in [1.165, 1.54) is 0 Å². The Morgan fingerprint density at radius 1 is 1.50 bits per heavy atom. The highest BCUT2D eigenvalue weighted by molar-refractivity contribution is 6.18. The maximum atomic E-state index is 12.1. The molecule has 1 rings (SSSR count). The minimum absolute atomic E-state index is 0.00907. The molecule has 0 radical (unpaired) electrons. The van der Waals surface area contributed by atoms with Gasteiger partial charge in [-0.25, -0.2) is 0 Å². The van der Waals surface area contributed by atoms with Gasteiger partial charge < -0.3 is 5.32 Å². The van der Waals surface area contributed by atoms with Gasteiger partial charge >= 0.3 is 0 Å². The maximum absolute atomic E-state index is 12.1. The van der Waals surface area contributed by atoms with Crippen molar-refractivity contribution in [2.24, 2.45) is 12.5 Å². The molecule has 1 amide bonds. The van der Waals surface area contributed by atoms with E-state index in [9.17, 15) is 4.79 Å². The fourth-order valence-electron chi connectivity index (χ4n) is 1.92. The minimum atomic E-state index is -0.0884. The van der Waals surface area contributed by atoms with E-state index >= 15 is 0 Å². The number of rotatable bonds is 6. The third-order valence-electron chi connectivity index (χ3n) is 3.64. The smallest absolute Gasteiger partial charge is 0.269 e. The van der Waals surface area contributed by atoms with E-state index in [1.807, 2.05) is 6.92 Å². The number of alkyl halides is 1. The van der Waals surface area contributed by atoms with Gasteiger partial charge in [-0.05, 0) is 25.8 Å². The average molecular weight is 272 g/mol. The second-order valence-corrected chi connectivity index (χ2v) is 5.09. The molecule has 102 valence electrons. The quantitative estimate of drug-likeness (QED) is 0.808. The van der Waals surface area contributed by atoms with Crippen LogP contribution < -0.4 is 5.32 Å². The van der Waals surface area contributed by atoms with Gasteiger partial charge in [-0.3, -0.25) is 9.48 Å². The van der Waals surface area contributed by atoms with Crippen molar-refractivity contribution in [1.29, 1.82) is 0 Å². The summed E-state index contributed by atoms with van der Waals surface area (Å²) in [5, 5.41) is 7.13. The van der Waals surface area contributed by atoms with E-state index in [-0.39, 0.29) is 11.3 Å². The Balaban J connectivity index is 2.69. The molecule has 5 heteroatoms. The molecule has 4 nitrogen and oxygen atoms in total. The first-order valence-corrected chi connectivity index (χ1v) is 6.86. The third-order valence-corrected chi connectivity index (χ3v) is 4.21. The van der Waals surface area contributed by atoms with Gasteiger partial charge in [-0.1, -0.05) is 13.8 Å². The first-order valence-electron chi connectivity index (χ1n) is 6.33. The summed E-state index contributed by atoms with van der Waals surface area (Å²) in [5.41, 5.74) is 1.42. The Morgan fingerprint density at radius 3 is 2.50 bits per heavy atom. The van der Waals surface area contributed by atoms with Crippen LogP contribution in [0.2, 0.25) is 0 Å². The van der Waals surface area contributed by atoms with Crippen molar-refractivity contribution in [1.82, 2.24) is 15.1 Å². The number of halogens is 1. The van der Waals surface area contributed by atoms with Crippen LogP contribution in [0.15, 0.2) is 6.07 Å². The van der Waals surface area contributed by atoms with Crippen molar-refractivity contribution in [3.63, 3.8) is 0 Å². The monoisotopic (exact) mass is 271 g/mol. The molecule has 0 spiro atoms. The van der Waals surface area contributed by atoms with Gasteiger partial charge in [0.25, 0.3) is 5.91 Å². The predicted molar refractivity (Wildman–Crippen MR) is 74.0 cm³/mol. The molecule has 18 heavy (non-hydrogen) atoms. The summed E-state index contributed by atoms with van der Waals surface area (Å²) in [4.78, 5) is 12.1. The highest BCUT2D eigenvalue weighted by Gasteiger charge is 2.26. The van der Waals surface area contributed by atoms with E-state index in [4.69, 9.17) is 11.6 Å². The van der Waals surface area contributed by atoms with Gasteiger partial charge in [0.1, 0.15) is 5.69 Å². The standard InChI is InChI=1S/C13H22ClN3O/c1-5-13(6-2,8-14)9-15-12(18)11-7-10(3)16-17(11)4/h7H,5-6,8-9H2,1-4H3,(H,15,18). The SMILES string of the molecule is CCC(CC)(CCl)CNC(=O)c1cc(C)nn1C. The molecule has 1 aromatic heterocycles. The van der Waals surface area contributed by atoms with Crippen LogP contribution >= 0.6 is 11.6 Å². The Labute approximate surface area is 114 Å². The van der Waals surface area contributed by atoms with Crippen molar-refractivity contribution >= 4 is 17.5 Å². The summed E-state index contributed by atoms with van der Waals surface area (Å²) >= 11 is 6.02. The van der Waals surface area contributed by atoms with Crippen molar-refractivity contribution < 1.29 is 4.79 Å². The highest BCUT2D eigenvalue weighted by atomic mass is 35.5. The second kappa shape index (κ2) is 6.23. The lowest BCUT2D eigenvalue weighted by Gasteiger charge is -2.29. The van der Waals surface area contributed by atoms with Crippen molar-refractivity contribution in [2.45, 2.75) is 33.6 Å². The van der Waals surface area contributed by atoms with Crippen LogP contribution in [0.1, 0.15) is 42.9 Å². The molecule has 0 aliphatic heterocycles. The first kappa shape index (κ1) is 15.0. The Kier molecular flexibility index (Phi) is 5.20. The van der Waals surface area contributed by atoms with Gasteiger partial charge in [0.05, 0.1) is 5.69 Å². The highest BCUT2D eigenvalue weighted by Crippen LogP contribution is 2.26. The molecular weight excluding hydrogens is 250 g/mol. The number of nitrogens with one attached hydrogen (secondary N) is 1. The lowest BCUT2D eigenvalue weighted by molar-refractivity contribution is 0.0922. The zero-order valence-electron chi connectivity index (χ0n) is 11.6. The second-order valence-electron chi connectivity index (χ2n) is 4.82. The topological polar surface area (TPSA) is 46.9 Å². The van der Waals surface area contributed by atoms with Crippen LogP contribution in [-0.2, 0) is 7.05 Å². The Bertz CT molecular complexity index is 402. The summed E-state index contributed by atoms with van der Waals surface area (Å²) in [6.07, 6.45) is 1.91. The fraction of sp³-hybridized carbons (Fsp3) is 0.692. The summed E-state index contributed by atoms with van der Waals surface area (Å²) in [5.74, 6) is 0.472. The number of hydrogen-bond donors (Lipinski definition) is 1. The van der Waals surface area contributed by atoms with Crippen molar-refractivity contribution in [3.05, 3.63) is 17.5 Å². The number of aryl methyl sites for hydroxylation is 2. The van der Waals surface area contributed by atoms with E-state index in [0.29, 0.717) is 18.1 Å². The van der Waals surface area contributed by atoms with Crippen LogP contribution in [0.4, 0.5) is 0 Å². The van der Waals surface area contributed by atoms with E-state index < -0.39 is 0 Å². The van der Waals surface area contributed by atoms with Gasteiger partial charge in [0, 0.05) is 24.9 Å². The molecule has 0 bridgehead atoms. The van der Waals surface area contributed by atoms with Gasteiger partial charge in [-0.15, -0.1) is 11.6 Å². The van der Waals surface area contributed by atoms with E-state index in [1.54, 1.807) is 17.8 Å². The van der Waals surface area contributed by atoms with Crippen molar-refractivity contribution in [3.8, 4) is 0 Å². The van der Waals surface area contributed by atoms with E-state index in [2.05, 4.69) is 24.3 Å². The number of carbonyl (C=O) groups excluding carboxylic acids is 1. The summed E-state index contributed by atoms with van der Waals surface area (Å²) in [6, 6.07) is 1.79. The fourth-order valence-corrected chi connectivity index (χ4v) is 2.39. The normalized spacial score (nSPS) is 11.6. The molecule has 0 atom stereocenters. The molecule has 0 aliphatic carbocycles. The van der Waals surface area contributed by atoms with Crippen molar-refractivity contribution in [2.75, 3.05) is 12.4 Å². The molecule has 0 saturated heterocycles. The van der Waals surface area contributed by atoms with Crippen LogP contribution in [-0.4, -0.2) is 28.1 Å². The zero-order valence-corrected chi connectivity index (χ0v) is 12.3. The molecule has 1 aromatic rings. The van der Waals surface area contributed by atoms with Gasteiger partial charge in [0.15, 0.2) is 0 Å². The number of aromatic nitrogens is 2. The molecule has 0 aromatic carbocycles.